The highest BCUT2D eigenvalue weighted by Crippen LogP contribution is 2.37. The van der Waals surface area contributed by atoms with Crippen LogP contribution in [-0.2, 0) is 0 Å². The molecule has 1 saturated heterocycles. The summed E-state index contributed by atoms with van der Waals surface area (Å²) in [6.45, 7) is 3.71. The highest BCUT2D eigenvalue weighted by Gasteiger charge is 2.24. The zero-order chi connectivity index (χ0) is 22.7. The Kier molecular flexibility index (Phi) is 6.50. The number of carbonyl (C=O) groups is 1. The molecule has 1 amide bonds. The average molecular weight is 460 g/mol. The number of rotatable bonds is 6. The molecule has 0 saturated carbocycles. The van der Waals surface area contributed by atoms with E-state index in [2.05, 4.69) is 20.2 Å². The second-order valence-electron chi connectivity index (χ2n) is 7.29. The Morgan fingerprint density at radius 2 is 2.03 bits per heavy atom. The van der Waals surface area contributed by atoms with E-state index >= 15 is 0 Å². The number of hydrogen-bond acceptors (Lipinski definition) is 7. The van der Waals surface area contributed by atoms with Gasteiger partial charge in [-0.25, -0.2) is 13.8 Å². The minimum Gasteiger partial charge on any atom is -0.491 e. The van der Waals surface area contributed by atoms with Gasteiger partial charge in [0.2, 0.25) is 0 Å². The molecule has 32 heavy (non-hydrogen) atoms. The first-order valence-electron chi connectivity index (χ1n) is 10.4. The standard InChI is InChI=1S/C22H23F2N5O2S/c1-2-31-16-7-6-13(23)17(18(16)24)22-28-19(20(25)32-22)21(30)27-14-12-26-9-8-15(14)29-10-4-3-5-11-29/h6-9,12H,2-5,10-11,25H2,1H3,(H,27,30). The Bertz CT molecular complexity index is 1130. The molecule has 3 N–H and O–H groups in total. The highest BCUT2D eigenvalue weighted by atomic mass is 32.1. The normalized spacial score (nSPS) is 13.8. The van der Waals surface area contributed by atoms with Crippen molar-refractivity contribution >= 4 is 33.6 Å². The number of aromatic nitrogens is 2. The number of ether oxygens (including phenoxy) is 1. The monoisotopic (exact) mass is 459 g/mol. The molecular formula is C22H23F2N5O2S. The van der Waals surface area contributed by atoms with Gasteiger partial charge in [0.15, 0.2) is 17.3 Å². The lowest BCUT2D eigenvalue weighted by atomic mass is 10.1. The molecule has 0 atom stereocenters. The topological polar surface area (TPSA) is 93.4 Å². The van der Waals surface area contributed by atoms with Crippen LogP contribution in [0.5, 0.6) is 5.75 Å². The molecule has 1 aromatic carbocycles. The number of nitrogen functional groups attached to an aromatic ring is 1. The minimum atomic E-state index is -0.882. The molecule has 1 aliphatic rings. The second kappa shape index (κ2) is 9.47. The summed E-state index contributed by atoms with van der Waals surface area (Å²) in [5.74, 6) is -2.36. The molecule has 1 fully saturated rings. The number of pyridine rings is 1. The van der Waals surface area contributed by atoms with Gasteiger partial charge in [-0.15, -0.1) is 0 Å². The molecule has 0 radical (unpaired) electrons. The summed E-state index contributed by atoms with van der Waals surface area (Å²) in [5, 5.41) is 2.82. The maximum Gasteiger partial charge on any atom is 0.277 e. The van der Waals surface area contributed by atoms with E-state index in [9.17, 15) is 13.6 Å². The van der Waals surface area contributed by atoms with Gasteiger partial charge < -0.3 is 20.7 Å². The van der Waals surface area contributed by atoms with Gasteiger partial charge in [0.05, 0.1) is 29.7 Å². The van der Waals surface area contributed by atoms with Gasteiger partial charge in [0.25, 0.3) is 5.91 Å². The van der Waals surface area contributed by atoms with Crippen molar-refractivity contribution in [3.63, 3.8) is 0 Å². The van der Waals surface area contributed by atoms with Crippen molar-refractivity contribution in [2.45, 2.75) is 26.2 Å². The van der Waals surface area contributed by atoms with Gasteiger partial charge in [-0.3, -0.25) is 9.78 Å². The van der Waals surface area contributed by atoms with Crippen LogP contribution in [0.4, 0.5) is 25.2 Å². The fourth-order valence-corrected chi connectivity index (χ4v) is 4.54. The number of halogens is 2. The van der Waals surface area contributed by atoms with E-state index in [4.69, 9.17) is 10.5 Å². The minimum absolute atomic E-state index is 0.0355. The van der Waals surface area contributed by atoms with Crippen LogP contribution in [0.25, 0.3) is 10.6 Å². The van der Waals surface area contributed by atoms with Crippen molar-refractivity contribution in [3.05, 3.63) is 47.9 Å². The Morgan fingerprint density at radius 3 is 2.78 bits per heavy atom. The summed E-state index contributed by atoms with van der Waals surface area (Å²) >= 11 is 0.838. The second-order valence-corrected chi connectivity index (χ2v) is 8.32. The first-order valence-corrected chi connectivity index (χ1v) is 11.2. The molecule has 1 aliphatic heterocycles. The molecule has 168 valence electrons. The number of piperidine rings is 1. The third-order valence-corrected chi connectivity index (χ3v) is 6.08. The van der Waals surface area contributed by atoms with Gasteiger partial charge in [-0.1, -0.05) is 11.3 Å². The zero-order valence-corrected chi connectivity index (χ0v) is 18.3. The van der Waals surface area contributed by atoms with Gasteiger partial charge in [0.1, 0.15) is 15.8 Å². The van der Waals surface area contributed by atoms with Crippen LogP contribution in [-0.4, -0.2) is 35.6 Å². The summed E-state index contributed by atoms with van der Waals surface area (Å²) in [6.07, 6.45) is 6.58. The van der Waals surface area contributed by atoms with Gasteiger partial charge in [0, 0.05) is 19.3 Å². The molecule has 10 heteroatoms. The molecule has 3 aromatic rings. The predicted octanol–water partition coefficient (Wildman–Crippen LogP) is 4.71. The van der Waals surface area contributed by atoms with E-state index in [0.29, 0.717) is 5.69 Å². The highest BCUT2D eigenvalue weighted by molar-refractivity contribution is 7.19. The van der Waals surface area contributed by atoms with E-state index in [0.717, 1.165) is 49.0 Å². The van der Waals surface area contributed by atoms with Crippen molar-refractivity contribution in [2.75, 3.05) is 35.6 Å². The van der Waals surface area contributed by atoms with Gasteiger partial charge in [-0.2, -0.15) is 0 Å². The number of hydrogen-bond donors (Lipinski definition) is 2. The number of anilines is 3. The molecule has 0 unspecified atom stereocenters. The lowest BCUT2D eigenvalue weighted by Gasteiger charge is -2.30. The van der Waals surface area contributed by atoms with Crippen LogP contribution in [0.1, 0.15) is 36.7 Å². The summed E-state index contributed by atoms with van der Waals surface area (Å²) in [4.78, 5) is 23.4. The largest absolute Gasteiger partial charge is 0.491 e. The first-order chi connectivity index (χ1) is 15.5. The predicted molar refractivity (Wildman–Crippen MR) is 121 cm³/mol. The number of nitrogens with zero attached hydrogens (tertiary/aromatic N) is 3. The summed E-state index contributed by atoms with van der Waals surface area (Å²) < 4.78 is 34.4. The maximum absolute atomic E-state index is 14.8. The van der Waals surface area contributed by atoms with E-state index in [1.165, 1.54) is 12.5 Å². The molecule has 0 bridgehead atoms. The first kappa shape index (κ1) is 21.9. The number of carbonyl (C=O) groups excluding carboxylic acids is 1. The van der Waals surface area contributed by atoms with Crippen LogP contribution in [0, 0.1) is 11.6 Å². The van der Waals surface area contributed by atoms with E-state index in [1.54, 1.807) is 19.3 Å². The Hall–Kier alpha value is -3.27. The molecule has 0 spiro atoms. The van der Waals surface area contributed by atoms with Crippen molar-refractivity contribution < 1.29 is 18.3 Å². The van der Waals surface area contributed by atoms with Crippen LogP contribution in [0.3, 0.4) is 0 Å². The zero-order valence-electron chi connectivity index (χ0n) is 17.5. The molecule has 4 rings (SSSR count). The Balaban J connectivity index is 1.62. The quantitative estimate of drug-likeness (QED) is 0.555. The number of amides is 1. The lowest BCUT2D eigenvalue weighted by Crippen LogP contribution is -2.30. The molecular weight excluding hydrogens is 436 g/mol. The number of benzene rings is 1. The number of nitrogens with two attached hydrogens (primary N) is 1. The van der Waals surface area contributed by atoms with Crippen molar-refractivity contribution in [3.8, 4) is 16.3 Å². The van der Waals surface area contributed by atoms with E-state index in [1.807, 2.05) is 6.07 Å². The molecule has 2 aromatic heterocycles. The van der Waals surface area contributed by atoms with Gasteiger partial charge in [-0.05, 0) is 44.4 Å². The summed E-state index contributed by atoms with van der Waals surface area (Å²) in [6, 6.07) is 4.16. The number of thiazole rings is 1. The van der Waals surface area contributed by atoms with Crippen molar-refractivity contribution in [2.24, 2.45) is 0 Å². The maximum atomic E-state index is 14.8. The smallest absolute Gasteiger partial charge is 0.277 e. The fraction of sp³-hybridized carbons (Fsp3) is 0.318. The molecule has 7 nitrogen and oxygen atoms in total. The van der Waals surface area contributed by atoms with Gasteiger partial charge >= 0.3 is 0 Å². The SMILES string of the molecule is CCOc1ccc(F)c(-c2nc(C(=O)Nc3cnccc3N3CCCCC3)c(N)s2)c1F. The summed E-state index contributed by atoms with van der Waals surface area (Å²) in [7, 11) is 0. The van der Waals surface area contributed by atoms with Crippen LogP contribution >= 0.6 is 11.3 Å². The fourth-order valence-electron chi connectivity index (χ4n) is 3.67. The van der Waals surface area contributed by atoms with Crippen molar-refractivity contribution in [1.29, 1.82) is 0 Å². The third kappa shape index (κ3) is 4.36. The van der Waals surface area contributed by atoms with E-state index < -0.39 is 17.5 Å². The Labute approximate surface area is 188 Å². The van der Waals surface area contributed by atoms with E-state index in [-0.39, 0.29) is 33.6 Å². The molecule has 0 aliphatic carbocycles. The van der Waals surface area contributed by atoms with Crippen LogP contribution in [0.15, 0.2) is 30.6 Å². The van der Waals surface area contributed by atoms with Crippen LogP contribution < -0.4 is 20.7 Å². The Morgan fingerprint density at radius 1 is 1.25 bits per heavy atom. The van der Waals surface area contributed by atoms with Crippen molar-refractivity contribution in [1.82, 2.24) is 9.97 Å². The lowest BCUT2D eigenvalue weighted by molar-refractivity contribution is 0.102. The molecule has 3 heterocycles. The number of nitrogens with one attached hydrogen (secondary N) is 1. The van der Waals surface area contributed by atoms with Crippen LogP contribution in [0.2, 0.25) is 0 Å². The third-order valence-electron chi connectivity index (χ3n) is 5.18. The average Bonchev–Trinajstić information content (AvgIpc) is 3.18. The summed E-state index contributed by atoms with van der Waals surface area (Å²) in [5.41, 5.74) is 6.93.